The van der Waals surface area contributed by atoms with E-state index in [9.17, 15) is 0 Å². The molecule has 2 atom stereocenters. The fraction of sp³-hybridized carbons (Fsp3) is 0.750. The maximum atomic E-state index is 6.36. The molecule has 0 radical (unpaired) electrons. The Kier molecular flexibility index (Phi) is 4.38. The van der Waals surface area contributed by atoms with Crippen LogP contribution < -0.4 is 5.73 Å². The lowest BCUT2D eigenvalue weighted by atomic mass is 9.95. The van der Waals surface area contributed by atoms with E-state index in [2.05, 4.69) is 51.7 Å². The Hall–Kier alpha value is -0.380. The van der Waals surface area contributed by atoms with Crippen molar-refractivity contribution in [3.63, 3.8) is 0 Å². The molecule has 1 fully saturated rings. The van der Waals surface area contributed by atoms with Crippen LogP contribution >= 0.6 is 11.3 Å². The van der Waals surface area contributed by atoms with Gasteiger partial charge < -0.3 is 5.73 Å². The van der Waals surface area contributed by atoms with Gasteiger partial charge in [0.05, 0.1) is 6.04 Å². The molecule has 2 heterocycles. The van der Waals surface area contributed by atoms with Gasteiger partial charge in [-0.25, -0.2) is 0 Å². The van der Waals surface area contributed by atoms with Crippen molar-refractivity contribution in [3.8, 4) is 0 Å². The monoisotopic (exact) mass is 280 g/mol. The molecule has 19 heavy (non-hydrogen) atoms. The van der Waals surface area contributed by atoms with Gasteiger partial charge in [-0.05, 0) is 29.9 Å². The number of hydrogen-bond donors (Lipinski definition) is 1. The Balaban J connectivity index is 2.20. The predicted octanol–water partition coefficient (Wildman–Crippen LogP) is 3.78. The zero-order chi connectivity index (χ0) is 14.2. The van der Waals surface area contributed by atoms with Gasteiger partial charge in [0, 0.05) is 28.9 Å². The zero-order valence-electron chi connectivity index (χ0n) is 12.9. The highest BCUT2D eigenvalue weighted by molar-refractivity contribution is 7.12. The van der Waals surface area contributed by atoms with Gasteiger partial charge in [-0.3, -0.25) is 4.90 Å². The SMILES string of the molecule is CC(C)CN1CCC(N)C1c1ccc(C(C)(C)C)s1. The van der Waals surface area contributed by atoms with Crippen molar-refractivity contribution >= 4 is 11.3 Å². The number of nitrogens with two attached hydrogens (primary N) is 1. The van der Waals surface area contributed by atoms with Gasteiger partial charge in [-0.15, -0.1) is 11.3 Å². The summed E-state index contributed by atoms with van der Waals surface area (Å²) in [6.45, 7) is 13.7. The summed E-state index contributed by atoms with van der Waals surface area (Å²) in [6, 6.07) is 5.32. The second kappa shape index (κ2) is 5.55. The molecule has 2 N–H and O–H groups in total. The number of hydrogen-bond acceptors (Lipinski definition) is 3. The van der Waals surface area contributed by atoms with Crippen LogP contribution in [0.25, 0.3) is 0 Å². The maximum Gasteiger partial charge on any atom is 0.0594 e. The van der Waals surface area contributed by atoms with E-state index in [4.69, 9.17) is 5.73 Å². The Labute approximate surface area is 122 Å². The normalized spacial score (nSPS) is 25.4. The van der Waals surface area contributed by atoms with Gasteiger partial charge in [-0.2, -0.15) is 0 Å². The lowest BCUT2D eigenvalue weighted by Crippen LogP contribution is -2.33. The Morgan fingerprint density at radius 3 is 2.58 bits per heavy atom. The highest BCUT2D eigenvalue weighted by Crippen LogP contribution is 2.38. The van der Waals surface area contributed by atoms with Crippen molar-refractivity contribution in [2.24, 2.45) is 11.7 Å². The van der Waals surface area contributed by atoms with Gasteiger partial charge in [0.1, 0.15) is 0 Å². The summed E-state index contributed by atoms with van der Waals surface area (Å²) in [6.07, 6.45) is 1.13. The molecule has 0 bridgehead atoms. The molecular weight excluding hydrogens is 252 g/mol. The molecule has 3 heteroatoms. The average Bonchev–Trinajstić information content (AvgIpc) is 2.84. The number of nitrogens with zero attached hydrogens (tertiary/aromatic N) is 1. The largest absolute Gasteiger partial charge is 0.326 e. The van der Waals surface area contributed by atoms with Gasteiger partial charge in [0.15, 0.2) is 0 Å². The number of thiophene rings is 1. The lowest BCUT2D eigenvalue weighted by Gasteiger charge is -2.27. The summed E-state index contributed by atoms with van der Waals surface area (Å²) in [5, 5.41) is 0. The van der Waals surface area contributed by atoms with E-state index in [0.29, 0.717) is 18.0 Å². The summed E-state index contributed by atoms with van der Waals surface area (Å²) in [4.78, 5) is 5.50. The fourth-order valence-corrected chi connectivity index (χ4v) is 4.14. The minimum absolute atomic E-state index is 0.245. The van der Waals surface area contributed by atoms with E-state index in [1.54, 1.807) is 0 Å². The van der Waals surface area contributed by atoms with Crippen LogP contribution in [0.15, 0.2) is 12.1 Å². The third kappa shape index (κ3) is 3.39. The van der Waals surface area contributed by atoms with E-state index in [1.165, 1.54) is 9.75 Å². The molecule has 1 aliphatic heterocycles. The van der Waals surface area contributed by atoms with E-state index in [0.717, 1.165) is 19.5 Å². The van der Waals surface area contributed by atoms with E-state index < -0.39 is 0 Å². The van der Waals surface area contributed by atoms with Crippen LogP contribution in [0.2, 0.25) is 0 Å². The smallest absolute Gasteiger partial charge is 0.0594 e. The molecule has 2 rings (SSSR count). The van der Waals surface area contributed by atoms with Crippen molar-refractivity contribution in [1.82, 2.24) is 4.90 Å². The van der Waals surface area contributed by atoms with Crippen LogP contribution in [0.3, 0.4) is 0 Å². The molecule has 108 valence electrons. The van der Waals surface area contributed by atoms with Crippen LogP contribution in [0, 0.1) is 5.92 Å². The molecule has 0 spiro atoms. The second-order valence-electron chi connectivity index (χ2n) is 7.24. The molecule has 0 aromatic carbocycles. The standard InChI is InChI=1S/C16H28N2S/c1-11(2)10-18-9-8-12(17)15(18)13-6-7-14(19-13)16(3,4)5/h6-7,11-12,15H,8-10,17H2,1-5H3. The summed E-state index contributed by atoms with van der Waals surface area (Å²) in [5.41, 5.74) is 6.60. The molecule has 2 nitrogen and oxygen atoms in total. The molecule has 1 aromatic heterocycles. The van der Waals surface area contributed by atoms with Crippen molar-refractivity contribution in [2.75, 3.05) is 13.1 Å². The summed E-state index contributed by atoms with van der Waals surface area (Å²) in [7, 11) is 0. The fourth-order valence-electron chi connectivity index (χ4n) is 2.86. The molecule has 1 aromatic rings. The minimum atomic E-state index is 0.245. The first-order valence-corrected chi connectivity index (χ1v) is 8.20. The van der Waals surface area contributed by atoms with Crippen molar-refractivity contribution < 1.29 is 0 Å². The van der Waals surface area contributed by atoms with Gasteiger partial charge >= 0.3 is 0 Å². The Morgan fingerprint density at radius 1 is 1.37 bits per heavy atom. The van der Waals surface area contributed by atoms with Gasteiger partial charge in [0.2, 0.25) is 0 Å². The highest BCUT2D eigenvalue weighted by Gasteiger charge is 2.34. The summed E-state index contributed by atoms with van der Waals surface area (Å²) >= 11 is 1.95. The quantitative estimate of drug-likeness (QED) is 0.913. The van der Waals surface area contributed by atoms with Gasteiger partial charge in [-0.1, -0.05) is 34.6 Å². The average molecular weight is 280 g/mol. The molecule has 0 aliphatic carbocycles. The summed E-state index contributed by atoms with van der Waals surface area (Å²) < 4.78 is 0. The molecule has 1 aliphatic rings. The van der Waals surface area contributed by atoms with Crippen LogP contribution in [0.4, 0.5) is 0 Å². The van der Waals surface area contributed by atoms with Crippen LogP contribution in [0.1, 0.15) is 56.8 Å². The molecule has 0 amide bonds. The summed E-state index contributed by atoms with van der Waals surface area (Å²) in [5.74, 6) is 0.704. The van der Waals surface area contributed by atoms with Crippen LogP contribution in [-0.4, -0.2) is 24.0 Å². The number of likely N-dealkylation sites (tertiary alicyclic amines) is 1. The van der Waals surface area contributed by atoms with Crippen molar-refractivity contribution in [3.05, 3.63) is 21.9 Å². The number of rotatable bonds is 3. The lowest BCUT2D eigenvalue weighted by molar-refractivity contribution is 0.224. The highest BCUT2D eigenvalue weighted by atomic mass is 32.1. The predicted molar refractivity (Wildman–Crippen MR) is 84.8 cm³/mol. The van der Waals surface area contributed by atoms with E-state index in [1.807, 2.05) is 11.3 Å². The second-order valence-corrected chi connectivity index (χ2v) is 8.35. The molecule has 2 unspecified atom stereocenters. The van der Waals surface area contributed by atoms with Crippen LogP contribution in [0.5, 0.6) is 0 Å². The zero-order valence-corrected chi connectivity index (χ0v) is 13.8. The molecular formula is C16H28N2S. The van der Waals surface area contributed by atoms with Crippen LogP contribution in [-0.2, 0) is 5.41 Å². The van der Waals surface area contributed by atoms with Crippen molar-refractivity contribution in [2.45, 2.75) is 58.5 Å². The Bertz CT molecular complexity index is 417. The van der Waals surface area contributed by atoms with Crippen molar-refractivity contribution in [1.29, 1.82) is 0 Å². The minimum Gasteiger partial charge on any atom is -0.326 e. The topological polar surface area (TPSA) is 29.3 Å². The molecule has 0 saturated carbocycles. The van der Waals surface area contributed by atoms with Gasteiger partial charge in [0.25, 0.3) is 0 Å². The molecule has 1 saturated heterocycles. The first-order chi connectivity index (χ1) is 8.79. The van der Waals surface area contributed by atoms with E-state index >= 15 is 0 Å². The first kappa shape index (κ1) is 15.0. The van der Waals surface area contributed by atoms with E-state index in [-0.39, 0.29) is 5.41 Å². The third-order valence-electron chi connectivity index (χ3n) is 3.81. The third-order valence-corrected chi connectivity index (χ3v) is 5.39. The Morgan fingerprint density at radius 2 is 2.05 bits per heavy atom. The first-order valence-electron chi connectivity index (χ1n) is 7.39. The maximum absolute atomic E-state index is 6.36.